The van der Waals surface area contributed by atoms with Crippen molar-refractivity contribution in [1.29, 1.82) is 0 Å². The lowest BCUT2D eigenvalue weighted by molar-refractivity contribution is -0.0635. The first-order valence-electron chi connectivity index (χ1n) is 15.5. The van der Waals surface area contributed by atoms with Crippen LogP contribution in [0.2, 0.25) is 18.1 Å². The van der Waals surface area contributed by atoms with Crippen molar-refractivity contribution in [3.63, 3.8) is 0 Å². The summed E-state index contributed by atoms with van der Waals surface area (Å²) in [6.07, 6.45) is 10.5. The SMILES string of the molecule is Cc1ccc(S(=O)(=O)N2CC[C@@]34C=C[C@@]5(C=C3C(=O)c3ccccc3)[C@H](CCC[C@H]5O[Si](C)(C)C(C)(C)C)[C@@H]4C2)cc1. The van der Waals surface area contributed by atoms with Gasteiger partial charge < -0.3 is 4.43 Å². The molecule has 1 heterocycles. The Morgan fingerprint density at radius 3 is 2.33 bits per heavy atom. The van der Waals surface area contributed by atoms with Gasteiger partial charge in [0.25, 0.3) is 0 Å². The summed E-state index contributed by atoms with van der Waals surface area (Å²) < 4.78 is 36.8. The lowest BCUT2D eigenvalue weighted by atomic mass is 9.43. The number of ketones is 1. The predicted molar refractivity (Wildman–Crippen MR) is 170 cm³/mol. The fourth-order valence-electron chi connectivity index (χ4n) is 7.85. The largest absolute Gasteiger partial charge is 0.413 e. The van der Waals surface area contributed by atoms with Gasteiger partial charge in [-0.05, 0) is 68.3 Å². The quantitative estimate of drug-likeness (QED) is 0.194. The number of sulfonamides is 1. The van der Waals surface area contributed by atoms with Crippen LogP contribution in [0.5, 0.6) is 0 Å². The van der Waals surface area contributed by atoms with Crippen LogP contribution >= 0.6 is 0 Å². The number of carbonyl (C=O) groups excluding carboxylic acids is 1. The monoisotopic (exact) mass is 603 g/mol. The Bertz CT molecular complexity index is 1540. The Balaban J connectivity index is 1.45. The molecule has 5 atom stereocenters. The van der Waals surface area contributed by atoms with Gasteiger partial charge >= 0.3 is 0 Å². The minimum Gasteiger partial charge on any atom is -0.413 e. The summed E-state index contributed by atoms with van der Waals surface area (Å²) in [4.78, 5) is 14.7. The molecule has 7 rings (SSSR count). The molecule has 1 saturated carbocycles. The molecule has 42 heavy (non-hydrogen) atoms. The molecule has 224 valence electrons. The maximum atomic E-state index is 14.3. The minimum absolute atomic E-state index is 0.00921. The molecular weight excluding hydrogens is 559 g/mol. The lowest BCUT2D eigenvalue weighted by Crippen LogP contribution is -2.64. The van der Waals surface area contributed by atoms with Crippen LogP contribution in [0.1, 0.15) is 62.4 Å². The van der Waals surface area contributed by atoms with Gasteiger partial charge in [-0.25, -0.2) is 8.42 Å². The number of benzene rings is 2. The highest BCUT2D eigenvalue weighted by Crippen LogP contribution is 2.66. The normalized spacial score (nSPS) is 31.3. The van der Waals surface area contributed by atoms with Crippen LogP contribution in [-0.4, -0.2) is 46.0 Å². The summed E-state index contributed by atoms with van der Waals surface area (Å²) in [6.45, 7) is 14.2. The van der Waals surface area contributed by atoms with E-state index >= 15 is 0 Å². The second-order valence-electron chi connectivity index (χ2n) is 14.6. The van der Waals surface area contributed by atoms with Gasteiger partial charge in [0.05, 0.1) is 11.0 Å². The first kappa shape index (κ1) is 29.7. The fourth-order valence-corrected chi connectivity index (χ4v) is 10.7. The van der Waals surface area contributed by atoms with Gasteiger partial charge in [0, 0.05) is 35.1 Å². The molecule has 5 nitrogen and oxygen atoms in total. The summed E-state index contributed by atoms with van der Waals surface area (Å²) in [7, 11) is -5.78. The van der Waals surface area contributed by atoms with E-state index in [9.17, 15) is 13.2 Å². The van der Waals surface area contributed by atoms with Crippen molar-refractivity contribution in [2.45, 2.75) is 82.5 Å². The zero-order valence-corrected chi connectivity index (χ0v) is 27.7. The molecule has 0 unspecified atom stereocenters. The van der Waals surface area contributed by atoms with Crippen LogP contribution in [0, 0.1) is 29.6 Å². The van der Waals surface area contributed by atoms with Gasteiger partial charge in [0.1, 0.15) is 0 Å². The minimum atomic E-state index is -3.66. The van der Waals surface area contributed by atoms with Crippen molar-refractivity contribution >= 4 is 24.1 Å². The number of Topliss-reactive ketones (excluding diaryl/α,β-unsaturated/α-hetero) is 1. The van der Waals surface area contributed by atoms with Crippen LogP contribution in [0.15, 0.2) is 83.3 Å². The molecule has 2 aromatic rings. The van der Waals surface area contributed by atoms with E-state index in [1.54, 1.807) is 16.4 Å². The van der Waals surface area contributed by atoms with E-state index in [2.05, 4.69) is 52.1 Å². The molecule has 2 aromatic carbocycles. The van der Waals surface area contributed by atoms with Gasteiger partial charge in [0.2, 0.25) is 10.0 Å². The first-order chi connectivity index (χ1) is 19.7. The molecule has 0 radical (unpaired) electrons. The van der Waals surface area contributed by atoms with E-state index in [1.807, 2.05) is 49.4 Å². The molecular formula is C35H45NO4SSi. The van der Waals surface area contributed by atoms with Crippen LogP contribution < -0.4 is 0 Å². The van der Waals surface area contributed by atoms with E-state index in [0.717, 1.165) is 30.4 Å². The zero-order chi connectivity index (χ0) is 30.1. The average molecular weight is 604 g/mol. The Hall–Kier alpha value is -2.32. The molecule has 2 fully saturated rings. The molecule has 5 aliphatic rings. The van der Waals surface area contributed by atoms with Crippen LogP contribution in [-0.2, 0) is 14.4 Å². The molecule has 7 heteroatoms. The highest BCUT2D eigenvalue weighted by Gasteiger charge is 2.64. The van der Waals surface area contributed by atoms with E-state index in [1.165, 1.54) is 0 Å². The molecule has 1 aliphatic heterocycles. The summed E-state index contributed by atoms with van der Waals surface area (Å²) >= 11 is 0. The predicted octanol–water partition coefficient (Wildman–Crippen LogP) is 7.56. The maximum absolute atomic E-state index is 14.3. The molecule has 0 amide bonds. The molecule has 4 aliphatic carbocycles. The standard InChI is InChI=1S/C35H45NO4SSi/c1-25-15-17-27(18-16-25)41(38,39)36-22-21-34-19-20-35(23-29(34)32(37)26-11-8-7-9-12-26)28(30(34)24-36)13-10-14-31(35)40-42(5,6)33(2,3)4/h7-9,11-12,15-20,23,28,30-31H,10,13-14,21-22,24H2,1-6H3/t28-,30+,31-,34+,35-/m1/s1. The number of hydrogen-bond acceptors (Lipinski definition) is 4. The average Bonchev–Trinajstić information content (AvgIpc) is 2.96. The molecule has 0 aromatic heterocycles. The second-order valence-corrected chi connectivity index (χ2v) is 21.3. The van der Waals surface area contributed by atoms with E-state index in [4.69, 9.17) is 4.43 Å². The molecule has 2 bridgehead atoms. The Kier molecular flexibility index (Phi) is 7.16. The highest BCUT2D eigenvalue weighted by atomic mass is 32.2. The van der Waals surface area contributed by atoms with E-state index in [0.29, 0.717) is 30.0 Å². The number of hydrogen-bond donors (Lipinski definition) is 0. The highest BCUT2D eigenvalue weighted by molar-refractivity contribution is 7.89. The molecule has 0 N–H and O–H groups in total. The van der Waals surface area contributed by atoms with Gasteiger partial charge in [-0.15, -0.1) is 0 Å². The summed E-state index contributed by atoms with van der Waals surface area (Å²) in [6, 6.07) is 16.7. The number of aryl methyl sites for hydroxylation is 1. The number of nitrogens with zero attached hydrogens (tertiary/aromatic N) is 1. The third-order valence-corrected chi connectivity index (χ3v) is 17.6. The lowest BCUT2D eigenvalue weighted by Gasteiger charge is -2.64. The van der Waals surface area contributed by atoms with Crippen molar-refractivity contribution in [3.05, 3.63) is 89.5 Å². The van der Waals surface area contributed by atoms with Crippen molar-refractivity contribution in [3.8, 4) is 0 Å². The Morgan fingerprint density at radius 1 is 0.976 bits per heavy atom. The van der Waals surface area contributed by atoms with Gasteiger partial charge in [-0.2, -0.15) is 4.31 Å². The topological polar surface area (TPSA) is 63.7 Å². The third-order valence-electron chi connectivity index (χ3n) is 11.3. The van der Waals surface area contributed by atoms with Gasteiger partial charge in [-0.3, -0.25) is 4.79 Å². The van der Waals surface area contributed by atoms with Crippen molar-refractivity contribution in [2.24, 2.45) is 22.7 Å². The number of rotatable bonds is 6. The molecule has 1 saturated heterocycles. The summed E-state index contributed by atoms with van der Waals surface area (Å²) in [5, 5.41) is 0.0591. The number of piperidine rings is 1. The summed E-state index contributed by atoms with van der Waals surface area (Å²) in [5.74, 6) is 0.290. The van der Waals surface area contributed by atoms with Crippen LogP contribution in [0.25, 0.3) is 0 Å². The van der Waals surface area contributed by atoms with E-state index < -0.39 is 29.2 Å². The summed E-state index contributed by atoms with van der Waals surface area (Å²) in [5.41, 5.74) is 1.68. The van der Waals surface area contributed by atoms with Crippen molar-refractivity contribution < 1.29 is 17.6 Å². The van der Waals surface area contributed by atoms with Crippen LogP contribution in [0.3, 0.4) is 0 Å². The third kappa shape index (κ3) is 4.54. The van der Waals surface area contributed by atoms with Gasteiger partial charge in [0.15, 0.2) is 14.1 Å². The van der Waals surface area contributed by atoms with Crippen LogP contribution in [0.4, 0.5) is 0 Å². The second kappa shape index (κ2) is 10.1. The number of carbonyl (C=O) groups is 1. The molecule has 2 spiro atoms. The smallest absolute Gasteiger partial charge is 0.243 e. The Morgan fingerprint density at radius 2 is 1.67 bits per heavy atom. The van der Waals surface area contributed by atoms with Gasteiger partial charge in [-0.1, -0.05) is 93.4 Å². The zero-order valence-electron chi connectivity index (χ0n) is 25.9. The maximum Gasteiger partial charge on any atom is 0.243 e. The Labute approximate surface area is 253 Å². The number of allylic oxidation sites excluding steroid dienone is 2. The van der Waals surface area contributed by atoms with Crippen molar-refractivity contribution in [1.82, 2.24) is 4.31 Å². The fraction of sp³-hybridized carbons (Fsp3) is 0.514. The van der Waals surface area contributed by atoms with E-state index in [-0.39, 0.29) is 28.8 Å². The van der Waals surface area contributed by atoms with Crippen molar-refractivity contribution in [2.75, 3.05) is 13.1 Å². The first-order valence-corrected chi connectivity index (χ1v) is 19.8.